The maximum absolute atomic E-state index is 11.8. The summed E-state index contributed by atoms with van der Waals surface area (Å²) < 4.78 is 10.5. The summed E-state index contributed by atoms with van der Waals surface area (Å²) in [7, 11) is 0. The fraction of sp³-hybridized carbons (Fsp3) is 0.250. The molecule has 3 rings (SSSR count). The molecule has 1 amide bonds. The van der Waals surface area contributed by atoms with Gasteiger partial charge in [0.15, 0.2) is 17.2 Å². The first kappa shape index (κ1) is 11.5. The molecular weight excluding hydrogens is 248 g/mol. The zero-order valence-electron chi connectivity index (χ0n) is 10.2. The van der Waals surface area contributed by atoms with Crippen LogP contribution in [0, 0.1) is 0 Å². The summed E-state index contributed by atoms with van der Waals surface area (Å²) in [6, 6.07) is 5.41. The molecule has 1 aliphatic rings. The third-order valence-electron chi connectivity index (χ3n) is 2.89. The van der Waals surface area contributed by atoms with Gasteiger partial charge in [-0.3, -0.25) is 4.79 Å². The smallest absolute Gasteiger partial charge is 0.273 e. The highest BCUT2D eigenvalue weighted by Gasteiger charge is 2.18. The van der Waals surface area contributed by atoms with E-state index in [1.165, 1.54) is 6.20 Å². The molecule has 19 heavy (non-hydrogen) atoms. The Labute approximate surface area is 108 Å². The molecule has 7 heteroatoms. The van der Waals surface area contributed by atoms with E-state index in [0.29, 0.717) is 5.75 Å². The van der Waals surface area contributed by atoms with Gasteiger partial charge >= 0.3 is 0 Å². The van der Waals surface area contributed by atoms with Gasteiger partial charge < -0.3 is 14.8 Å². The van der Waals surface area contributed by atoms with Crippen LogP contribution in [0.2, 0.25) is 0 Å². The Hall–Kier alpha value is -2.57. The molecule has 1 aromatic carbocycles. The van der Waals surface area contributed by atoms with Crippen LogP contribution in [0.3, 0.4) is 0 Å². The van der Waals surface area contributed by atoms with Crippen LogP contribution in [0.15, 0.2) is 24.4 Å². The van der Waals surface area contributed by atoms with Gasteiger partial charge in [-0.15, -0.1) is 0 Å². The Morgan fingerprint density at radius 1 is 1.42 bits per heavy atom. The number of fused-ring (bicyclic) bond motifs is 1. The molecule has 7 nitrogen and oxygen atoms in total. The molecule has 1 atom stereocenters. The van der Waals surface area contributed by atoms with Crippen LogP contribution in [-0.2, 0) is 0 Å². The molecule has 0 bridgehead atoms. The van der Waals surface area contributed by atoms with Crippen molar-refractivity contribution in [3.63, 3.8) is 0 Å². The lowest BCUT2D eigenvalue weighted by Crippen LogP contribution is -2.26. The van der Waals surface area contributed by atoms with Crippen molar-refractivity contribution in [2.24, 2.45) is 0 Å². The molecule has 0 fully saturated rings. The van der Waals surface area contributed by atoms with Crippen LogP contribution in [0.25, 0.3) is 0 Å². The number of amides is 1. The number of H-pyrrole nitrogens is 1. The Morgan fingerprint density at radius 2 is 2.26 bits per heavy atom. The standard InChI is InChI=1S/C12H12N4O3/c1-7(14-12(17)9-5-13-16-15-9)8-2-3-10-11(4-8)19-6-18-10/h2-5,7H,6H2,1H3,(H,14,17)(H,13,15,16). The first-order valence-corrected chi connectivity index (χ1v) is 5.80. The van der Waals surface area contributed by atoms with Gasteiger partial charge in [0, 0.05) is 0 Å². The van der Waals surface area contributed by atoms with Crippen molar-refractivity contribution < 1.29 is 14.3 Å². The Kier molecular flexibility index (Phi) is 2.79. The number of aromatic amines is 1. The zero-order valence-corrected chi connectivity index (χ0v) is 10.2. The summed E-state index contributed by atoms with van der Waals surface area (Å²) in [5.41, 5.74) is 1.19. The molecule has 98 valence electrons. The molecule has 0 saturated carbocycles. The molecule has 2 N–H and O–H groups in total. The number of carbonyl (C=O) groups excluding carboxylic acids is 1. The van der Waals surface area contributed by atoms with Crippen molar-refractivity contribution in [1.82, 2.24) is 20.7 Å². The minimum Gasteiger partial charge on any atom is -0.454 e. The fourth-order valence-electron chi connectivity index (χ4n) is 1.85. The quantitative estimate of drug-likeness (QED) is 0.860. The highest BCUT2D eigenvalue weighted by atomic mass is 16.7. The number of carbonyl (C=O) groups is 1. The van der Waals surface area contributed by atoms with E-state index >= 15 is 0 Å². The average molecular weight is 260 g/mol. The van der Waals surface area contributed by atoms with Crippen molar-refractivity contribution in [3.05, 3.63) is 35.7 Å². The summed E-state index contributed by atoms with van der Waals surface area (Å²) in [4.78, 5) is 11.8. The van der Waals surface area contributed by atoms with Gasteiger partial charge in [0.1, 0.15) is 0 Å². The first-order valence-electron chi connectivity index (χ1n) is 5.80. The number of aromatic nitrogens is 3. The van der Waals surface area contributed by atoms with Crippen molar-refractivity contribution in [2.45, 2.75) is 13.0 Å². The van der Waals surface area contributed by atoms with E-state index in [1.54, 1.807) is 0 Å². The SMILES string of the molecule is CC(NC(=O)c1cn[nH]n1)c1ccc2c(c1)OCO2. The van der Waals surface area contributed by atoms with Crippen LogP contribution in [0.5, 0.6) is 11.5 Å². The number of benzene rings is 1. The molecule has 2 heterocycles. The van der Waals surface area contributed by atoms with Crippen LogP contribution in [0.4, 0.5) is 0 Å². The van der Waals surface area contributed by atoms with Gasteiger partial charge in [0.05, 0.1) is 12.2 Å². The van der Waals surface area contributed by atoms with Gasteiger partial charge in [-0.05, 0) is 24.6 Å². The molecule has 1 unspecified atom stereocenters. The average Bonchev–Trinajstić information content (AvgIpc) is 3.09. The van der Waals surface area contributed by atoms with Gasteiger partial charge in [-0.25, -0.2) is 0 Å². The third-order valence-corrected chi connectivity index (χ3v) is 2.89. The van der Waals surface area contributed by atoms with E-state index in [0.717, 1.165) is 11.3 Å². The lowest BCUT2D eigenvalue weighted by Gasteiger charge is -2.13. The zero-order chi connectivity index (χ0) is 13.2. The van der Waals surface area contributed by atoms with Crippen molar-refractivity contribution in [1.29, 1.82) is 0 Å². The van der Waals surface area contributed by atoms with Gasteiger partial charge in [-0.1, -0.05) is 6.07 Å². The minimum atomic E-state index is -0.279. The molecule has 2 aromatic rings. The second kappa shape index (κ2) is 4.60. The largest absolute Gasteiger partial charge is 0.454 e. The van der Waals surface area contributed by atoms with Gasteiger partial charge in [-0.2, -0.15) is 15.4 Å². The van der Waals surface area contributed by atoms with Gasteiger partial charge in [0.2, 0.25) is 6.79 Å². The molecule has 1 aliphatic heterocycles. The number of rotatable bonds is 3. The number of nitrogens with zero attached hydrogens (tertiary/aromatic N) is 2. The van der Waals surface area contributed by atoms with Crippen LogP contribution < -0.4 is 14.8 Å². The third kappa shape index (κ3) is 2.22. The summed E-state index contributed by atoms with van der Waals surface area (Å²) in [5.74, 6) is 1.14. The Balaban J connectivity index is 1.73. The Bertz CT molecular complexity index is 597. The van der Waals surface area contributed by atoms with E-state index in [9.17, 15) is 4.79 Å². The molecule has 0 aliphatic carbocycles. The molecule has 0 saturated heterocycles. The maximum Gasteiger partial charge on any atom is 0.273 e. The highest BCUT2D eigenvalue weighted by molar-refractivity contribution is 5.92. The van der Waals surface area contributed by atoms with E-state index < -0.39 is 0 Å². The topological polar surface area (TPSA) is 89.1 Å². The maximum atomic E-state index is 11.8. The normalized spacial score (nSPS) is 14.2. The molecule has 0 spiro atoms. The molecule has 1 aromatic heterocycles. The van der Waals surface area contributed by atoms with E-state index in [2.05, 4.69) is 20.7 Å². The number of ether oxygens (including phenoxy) is 2. The molecular formula is C12H12N4O3. The highest BCUT2D eigenvalue weighted by Crippen LogP contribution is 2.34. The van der Waals surface area contributed by atoms with E-state index in [1.807, 2.05) is 25.1 Å². The van der Waals surface area contributed by atoms with Crippen molar-refractivity contribution >= 4 is 5.91 Å². The minimum absolute atomic E-state index is 0.168. The predicted molar refractivity (Wildman–Crippen MR) is 64.8 cm³/mol. The van der Waals surface area contributed by atoms with Crippen molar-refractivity contribution in [3.8, 4) is 11.5 Å². The summed E-state index contributed by atoms with van der Waals surface area (Å²) in [5, 5.41) is 12.6. The van der Waals surface area contributed by atoms with Crippen molar-refractivity contribution in [2.75, 3.05) is 6.79 Å². The summed E-state index contributed by atoms with van der Waals surface area (Å²) in [6.45, 7) is 2.12. The summed E-state index contributed by atoms with van der Waals surface area (Å²) >= 11 is 0. The summed E-state index contributed by atoms with van der Waals surface area (Å²) in [6.07, 6.45) is 1.38. The van der Waals surface area contributed by atoms with E-state index in [-0.39, 0.29) is 24.4 Å². The second-order valence-electron chi connectivity index (χ2n) is 4.16. The van der Waals surface area contributed by atoms with Crippen LogP contribution >= 0.6 is 0 Å². The fourth-order valence-corrected chi connectivity index (χ4v) is 1.85. The number of hydrogen-bond donors (Lipinski definition) is 2. The van der Waals surface area contributed by atoms with Crippen LogP contribution in [-0.4, -0.2) is 28.1 Å². The molecule has 0 radical (unpaired) electrons. The van der Waals surface area contributed by atoms with Crippen LogP contribution in [0.1, 0.15) is 29.0 Å². The number of hydrogen-bond acceptors (Lipinski definition) is 5. The monoisotopic (exact) mass is 260 g/mol. The lowest BCUT2D eigenvalue weighted by atomic mass is 10.1. The number of nitrogens with one attached hydrogen (secondary N) is 2. The predicted octanol–water partition coefficient (Wildman–Crippen LogP) is 1.02. The Morgan fingerprint density at radius 3 is 3.05 bits per heavy atom. The van der Waals surface area contributed by atoms with Gasteiger partial charge in [0.25, 0.3) is 5.91 Å². The van der Waals surface area contributed by atoms with E-state index in [4.69, 9.17) is 9.47 Å². The lowest BCUT2D eigenvalue weighted by molar-refractivity contribution is 0.0934. The second-order valence-corrected chi connectivity index (χ2v) is 4.16. The first-order chi connectivity index (χ1) is 9.24.